The molecule has 2 aromatic carbocycles. The Labute approximate surface area is 107 Å². The van der Waals surface area contributed by atoms with Crippen molar-refractivity contribution in [2.45, 2.75) is 25.5 Å². The highest BCUT2D eigenvalue weighted by atomic mass is 16.5. The van der Waals surface area contributed by atoms with E-state index in [1.807, 2.05) is 36.4 Å². The van der Waals surface area contributed by atoms with Crippen molar-refractivity contribution in [3.8, 4) is 5.75 Å². The third kappa shape index (κ3) is 2.19. The van der Waals surface area contributed by atoms with Crippen LogP contribution in [0.1, 0.15) is 25.5 Å². The molecule has 0 bridgehead atoms. The third-order valence-corrected chi connectivity index (χ3v) is 3.13. The number of hydrogen-bond acceptors (Lipinski definition) is 3. The zero-order valence-corrected chi connectivity index (χ0v) is 11.0. The molecule has 96 valence electrons. The minimum Gasteiger partial charge on any atom is -0.496 e. The van der Waals surface area contributed by atoms with Crippen LogP contribution in [0.25, 0.3) is 10.8 Å². The standard InChI is InChI=1S/C15H19NO2/c1-15(2,16)14(17)13-11-7-5-4-6-10(11)8-9-12(13)18-3/h4-9,14,17H,16H2,1-3H3. The summed E-state index contributed by atoms with van der Waals surface area (Å²) in [5.74, 6) is 0.666. The largest absolute Gasteiger partial charge is 0.496 e. The Bertz CT molecular complexity index is 558. The van der Waals surface area contributed by atoms with Gasteiger partial charge in [0.25, 0.3) is 0 Å². The van der Waals surface area contributed by atoms with E-state index in [1.165, 1.54) is 0 Å². The number of aliphatic hydroxyl groups excluding tert-OH is 1. The lowest BCUT2D eigenvalue weighted by molar-refractivity contribution is 0.103. The van der Waals surface area contributed by atoms with Gasteiger partial charge in [-0.2, -0.15) is 0 Å². The molecule has 1 unspecified atom stereocenters. The highest BCUT2D eigenvalue weighted by Gasteiger charge is 2.28. The second-order valence-corrected chi connectivity index (χ2v) is 5.13. The van der Waals surface area contributed by atoms with Crippen LogP contribution in [0.4, 0.5) is 0 Å². The van der Waals surface area contributed by atoms with Crippen molar-refractivity contribution >= 4 is 10.8 Å². The summed E-state index contributed by atoms with van der Waals surface area (Å²) < 4.78 is 5.35. The van der Waals surface area contributed by atoms with Gasteiger partial charge in [0, 0.05) is 11.1 Å². The Morgan fingerprint density at radius 3 is 2.44 bits per heavy atom. The highest BCUT2D eigenvalue weighted by molar-refractivity contribution is 5.88. The molecule has 0 saturated heterocycles. The van der Waals surface area contributed by atoms with Crippen LogP contribution in [-0.4, -0.2) is 17.8 Å². The molecule has 3 heteroatoms. The fourth-order valence-corrected chi connectivity index (χ4v) is 2.11. The van der Waals surface area contributed by atoms with Gasteiger partial charge in [0.2, 0.25) is 0 Å². The molecular weight excluding hydrogens is 226 g/mol. The summed E-state index contributed by atoms with van der Waals surface area (Å²) in [6.07, 6.45) is -0.779. The van der Waals surface area contributed by atoms with Crippen LogP contribution in [0, 0.1) is 0 Å². The molecule has 0 heterocycles. The van der Waals surface area contributed by atoms with Crippen molar-refractivity contribution in [3.05, 3.63) is 42.0 Å². The van der Waals surface area contributed by atoms with E-state index in [2.05, 4.69) is 0 Å². The Morgan fingerprint density at radius 2 is 1.83 bits per heavy atom. The molecule has 0 aliphatic carbocycles. The topological polar surface area (TPSA) is 55.5 Å². The van der Waals surface area contributed by atoms with E-state index < -0.39 is 11.6 Å². The monoisotopic (exact) mass is 245 g/mol. The molecule has 2 rings (SSSR count). The van der Waals surface area contributed by atoms with Crippen molar-refractivity contribution in [1.82, 2.24) is 0 Å². The molecule has 3 nitrogen and oxygen atoms in total. The molecule has 1 atom stereocenters. The van der Waals surface area contributed by atoms with Gasteiger partial charge in [0.05, 0.1) is 7.11 Å². The zero-order valence-electron chi connectivity index (χ0n) is 11.0. The molecule has 0 aliphatic heterocycles. The maximum Gasteiger partial charge on any atom is 0.125 e. The molecule has 0 aliphatic rings. The number of nitrogens with two attached hydrogens (primary N) is 1. The molecule has 3 N–H and O–H groups in total. The maximum absolute atomic E-state index is 10.5. The fraction of sp³-hybridized carbons (Fsp3) is 0.333. The van der Waals surface area contributed by atoms with Crippen molar-refractivity contribution in [2.24, 2.45) is 5.73 Å². The van der Waals surface area contributed by atoms with E-state index >= 15 is 0 Å². The van der Waals surface area contributed by atoms with Crippen molar-refractivity contribution in [1.29, 1.82) is 0 Å². The Balaban J connectivity index is 2.72. The molecule has 0 aromatic heterocycles. The summed E-state index contributed by atoms with van der Waals surface area (Å²) >= 11 is 0. The summed E-state index contributed by atoms with van der Waals surface area (Å²) in [4.78, 5) is 0. The smallest absolute Gasteiger partial charge is 0.125 e. The van der Waals surface area contributed by atoms with Crippen molar-refractivity contribution in [3.63, 3.8) is 0 Å². The van der Waals surface area contributed by atoms with Gasteiger partial charge in [-0.05, 0) is 30.7 Å². The van der Waals surface area contributed by atoms with E-state index in [4.69, 9.17) is 10.5 Å². The quantitative estimate of drug-likeness (QED) is 0.874. The number of hydrogen-bond donors (Lipinski definition) is 2. The first-order chi connectivity index (χ1) is 8.45. The summed E-state index contributed by atoms with van der Waals surface area (Å²) in [5.41, 5.74) is 6.05. The number of fused-ring (bicyclic) bond motifs is 1. The van der Waals surface area contributed by atoms with E-state index in [9.17, 15) is 5.11 Å². The normalized spacial score (nSPS) is 13.6. The van der Waals surface area contributed by atoms with Crippen LogP contribution >= 0.6 is 0 Å². The Morgan fingerprint density at radius 1 is 1.17 bits per heavy atom. The average Bonchev–Trinajstić information content (AvgIpc) is 2.35. The zero-order chi connectivity index (χ0) is 13.3. The lowest BCUT2D eigenvalue weighted by atomic mass is 9.88. The number of ether oxygens (including phenoxy) is 1. The van der Waals surface area contributed by atoms with E-state index in [0.717, 1.165) is 16.3 Å². The lowest BCUT2D eigenvalue weighted by Crippen LogP contribution is -2.39. The van der Waals surface area contributed by atoms with Crippen molar-refractivity contribution < 1.29 is 9.84 Å². The maximum atomic E-state index is 10.5. The molecule has 0 spiro atoms. The Kier molecular flexibility index (Phi) is 3.28. The SMILES string of the molecule is COc1ccc2ccccc2c1C(O)C(C)(C)N. The summed E-state index contributed by atoms with van der Waals surface area (Å²) in [5, 5.41) is 12.5. The van der Waals surface area contributed by atoms with Gasteiger partial charge in [-0.25, -0.2) is 0 Å². The van der Waals surface area contributed by atoms with Gasteiger partial charge in [-0.3, -0.25) is 0 Å². The van der Waals surface area contributed by atoms with Crippen LogP contribution in [0.5, 0.6) is 5.75 Å². The minimum absolute atomic E-state index is 0.666. The summed E-state index contributed by atoms with van der Waals surface area (Å²) in [6.45, 7) is 3.61. The van der Waals surface area contributed by atoms with E-state index in [1.54, 1.807) is 21.0 Å². The Hall–Kier alpha value is -1.58. The number of methoxy groups -OCH3 is 1. The predicted octanol–water partition coefficient (Wildman–Crippen LogP) is 2.62. The second-order valence-electron chi connectivity index (χ2n) is 5.13. The fourth-order valence-electron chi connectivity index (χ4n) is 2.11. The molecule has 0 radical (unpaired) electrons. The van der Waals surface area contributed by atoms with Crippen LogP contribution in [0.15, 0.2) is 36.4 Å². The van der Waals surface area contributed by atoms with Gasteiger partial charge >= 0.3 is 0 Å². The molecule has 2 aromatic rings. The van der Waals surface area contributed by atoms with Gasteiger partial charge in [0.1, 0.15) is 11.9 Å². The van der Waals surface area contributed by atoms with Crippen LogP contribution < -0.4 is 10.5 Å². The summed E-state index contributed by atoms with van der Waals surface area (Å²) in [7, 11) is 1.60. The van der Waals surface area contributed by atoms with Crippen LogP contribution in [-0.2, 0) is 0 Å². The first-order valence-electron chi connectivity index (χ1n) is 5.97. The van der Waals surface area contributed by atoms with Gasteiger partial charge in [-0.1, -0.05) is 30.3 Å². The van der Waals surface area contributed by atoms with Crippen LogP contribution in [0.2, 0.25) is 0 Å². The predicted molar refractivity (Wildman–Crippen MR) is 73.7 cm³/mol. The van der Waals surface area contributed by atoms with Gasteiger partial charge in [0.15, 0.2) is 0 Å². The molecular formula is C15H19NO2. The number of rotatable bonds is 3. The molecule has 0 saturated carbocycles. The first kappa shape index (κ1) is 12.9. The summed E-state index contributed by atoms with van der Waals surface area (Å²) in [6, 6.07) is 11.7. The number of benzene rings is 2. The molecule has 0 amide bonds. The lowest BCUT2D eigenvalue weighted by Gasteiger charge is -2.28. The van der Waals surface area contributed by atoms with Gasteiger partial charge < -0.3 is 15.6 Å². The minimum atomic E-state index is -0.779. The van der Waals surface area contributed by atoms with E-state index in [0.29, 0.717) is 5.75 Å². The third-order valence-electron chi connectivity index (χ3n) is 3.13. The first-order valence-corrected chi connectivity index (χ1v) is 5.97. The van der Waals surface area contributed by atoms with E-state index in [-0.39, 0.29) is 0 Å². The highest BCUT2D eigenvalue weighted by Crippen LogP contribution is 2.36. The van der Waals surface area contributed by atoms with Gasteiger partial charge in [-0.15, -0.1) is 0 Å². The average molecular weight is 245 g/mol. The molecule has 18 heavy (non-hydrogen) atoms. The second kappa shape index (κ2) is 4.59. The van der Waals surface area contributed by atoms with Crippen molar-refractivity contribution in [2.75, 3.05) is 7.11 Å². The molecule has 0 fully saturated rings. The van der Waals surface area contributed by atoms with Crippen LogP contribution in [0.3, 0.4) is 0 Å². The number of aliphatic hydroxyl groups is 1.